The molecular weight excluding hydrogens is 192 g/mol. The molecule has 0 aromatic carbocycles. The summed E-state index contributed by atoms with van der Waals surface area (Å²) in [5.74, 6) is 1.43. The second-order valence-corrected chi connectivity index (χ2v) is 5.35. The van der Waals surface area contributed by atoms with Crippen LogP contribution >= 0.6 is 11.3 Å². The van der Waals surface area contributed by atoms with Crippen LogP contribution in [-0.2, 0) is 0 Å². The van der Waals surface area contributed by atoms with Crippen LogP contribution in [0.3, 0.4) is 0 Å². The van der Waals surface area contributed by atoms with Crippen LogP contribution in [0.5, 0.6) is 0 Å². The minimum Gasteiger partial charge on any atom is -0.328 e. The lowest BCUT2D eigenvalue weighted by atomic mass is 9.77. The minimum absolute atomic E-state index is 0.401. The number of thiazole rings is 1. The van der Waals surface area contributed by atoms with Crippen molar-refractivity contribution >= 4 is 11.3 Å². The topological polar surface area (TPSA) is 38.9 Å². The Balaban J connectivity index is 2.20. The van der Waals surface area contributed by atoms with Gasteiger partial charge in [0.25, 0.3) is 0 Å². The molecule has 0 aliphatic heterocycles. The molecule has 1 heterocycles. The highest BCUT2D eigenvalue weighted by atomic mass is 32.1. The molecule has 3 heteroatoms. The zero-order valence-electron chi connectivity index (χ0n) is 8.86. The summed E-state index contributed by atoms with van der Waals surface area (Å²) >= 11 is 1.80. The Morgan fingerprint density at radius 3 is 2.93 bits per heavy atom. The highest BCUT2D eigenvalue weighted by molar-refractivity contribution is 7.09. The highest BCUT2D eigenvalue weighted by Crippen LogP contribution is 2.39. The quantitative estimate of drug-likeness (QED) is 0.774. The van der Waals surface area contributed by atoms with Gasteiger partial charge in [-0.05, 0) is 38.0 Å². The van der Waals surface area contributed by atoms with E-state index >= 15 is 0 Å². The van der Waals surface area contributed by atoms with Crippen molar-refractivity contribution in [3.63, 3.8) is 0 Å². The van der Waals surface area contributed by atoms with Gasteiger partial charge in [-0.1, -0.05) is 6.92 Å². The van der Waals surface area contributed by atoms with Gasteiger partial charge >= 0.3 is 0 Å². The maximum absolute atomic E-state index is 6.03. The maximum Gasteiger partial charge on any atom is 0.0797 e. The van der Waals surface area contributed by atoms with E-state index in [1.807, 2.05) is 5.51 Å². The summed E-state index contributed by atoms with van der Waals surface area (Å²) in [4.78, 5) is 5.79. The normalized spacial score (nSPS) is 33.2. The monoisotopic (exact) mass is 210 g/mol. The molecule has 1 aliphatic carbocycles. The molecule has 1 aromatic heterocycles. The first kappa shape index (κ1) is 10.1. The second kappa shape index (κ2) is 3.99. The van der Waals surface area contributed by atoms with E-state index in [-0.39, 0.29) is 0 Å². The average molecular weight is 210 g/mol. The first-order chi connectivity index (χ1) is 6.68. The van der Waals surface area contributed by atoms with Crippen LogP contribution in [0.2, 0.25) is 0 Å². The van der Waals surface area contributed by atoms with Gasteiger partial charge in [-0.25, -0.2) is 4.98 Å². The maximum atomic E-state index is 6.03. The summed E-state index contributed by atoms with van der Waals surface area (Å²) in [6, 6.07) is 0.401. The molecule has 3 unspecified atom stereocenters. The molecular formula is C11H18N2S. The highest BCUT2D eigenvalue weighted by Gasteiger charge is 2.29. The molecule has 0 spiro atoms. The third kappa shape index (κ3) is 1.84. The van der Waals surface area contributed by atoms with Gasteiger partial charge in [0.1, 0.15) is 0 Å². The number of aryl methyl sites for hydroxylation is 1. The van der Waals surface area contributed by atoms with Gasteiger partial charge in [0.15, 0.2) is 0 Å². The summed E-state index contributed by atoms with van der Waals surface area (Å²) in [5.41, 5.74) is 9.19. The van der Waals surface area contributed by atoms with Crippen LogP contribution < -0.4 is 5.73 Å². The summed E-state index contributed by atoms with van der Waals surface area (Å²) in [5, 5.41) is 0. The standard InChI is InChI=1S/C11H18N2S/c1-7-3-4-9(12)5-10(7)11-8(2)13-6-14-11/h6-7,9-10H,3-5,12H2,1-2H3. The van der Waals surface area contributed by atoms with Gasteiger partial charge in [0, 0.05) is 10.9 Å². The third-order valence-corrected chi connectivity index (χ3v) is 4.42. The van der Waals surface area contributed by atoms with Crippen molar-refractivity contribution < 1.29 is 0 Å². The molecule has 0 bridgehead atoms. The predicted molar refractivity (Wildman–Crippen MR) is 60.6 cm³/mol. The Labute approximate surface area is 89.5 Å². The Morgan fingerprint density at radius 2 is 2.29 bits per heavy atom. The summed E-state index contributed by atoms with van der Waals surface area (Å²) in [6.07, 6.45) is 3.60. The second-order valence-electron chi connectivity index (χ2n) is 4.46. The van der Waals surface area contributed by atoms with Crippen molar-refractivity contribution in [3.8, 4) is 0 Å². The minimum atomic E-state index is 0.401. The Bertz CT molecular complexity index is 308. The lowest BCUT2D eigenvalue weighted by molar-refractivity contribution is 0.302. The number of nitrogens with two attached hydrogens (primary N) is 1. The number of hydrogen-bond acceptors (Lipinski definition) is 3. The van der Waals surface area contributed by atoms with E-state index in [0.717, 1.165) is 12.3 Å². The summed E-state index contributed by atoms with van der Waals surface area (Å²) in [7, 11) is 0. The molecule has 1 aliphatic rings. The Kier molecular flexibility index (Phi) is 2.88. The van der Waals surface area contributed by atoms with Gasteiger partial charge in [0.2, 0.25) is 0 Å². The molecule has 1 saturated carbocycles. The molecule has 0 amide bonds. The lowest BCUT2D eigenvalue weighted by Crippen LogP contribution is -2.31. The predicted octanol–water partition coefficient (Wildman–Crippen LogP) is 2.68. The molecule has 2 nitrogen and oxygen atoms in total. The van der Waals surface area contributed by atoms with Crippen molar-refractivity contribution in [2.45, 2.75) is 45.1 Å². The number of rotatable bonds is 1. The first-order valence-corrected chi connectivity index (χ1v) is 6.22. The number of aromatic nitrogens is 1. The first-order valence-electron chi connectivity index (χ1n) is 5.34. The van der Waals surface area contributed by atoms with E-state index in [0.29, 0.717) is 12.0 Å². The number of hydrogen-bond donors (Lipinski definition) is 1. The SMILES string of the molecule is Cc1ncsc1C1CC(N)CCC1C. The van der Waals surface area contributed by atoms with Crippen molar-refractivity contribution in [2.75, 3.05) is 0 Å². The Hall–Kier alpha value is -0.410. The molecule has 3 atom stereocenters. The van der Waals surface area contributed by atoms with E-state index in [1.165, 1.54) is 23.4 Å². The van der Waals surface area contributed by atoms with Gasteiger partial charge < -0.3 is 5.73 Å². The van der Waals surface area contributed by atoms with Crippen LogP contribution in [0, 0.1) is 12.8 Å². The molecule has 14 heavy (non-hydrogen) atoms. The van der Waals surface area contributed by atoms with E-state index < -0.39 is 0 Å². The van der Waals surface area contributed by atoms with E-state index in [1.54, 1.807) is 11.3 Å². The molecule has 2 N–H and O–H groups in total. The van der Waals surface area contributed by atoms with Gasteiger partial charge in [-0.3, -0.25) is 0 Å². The van der Waals surface area contributed by atoms with Crippen LogP contribution in [0.15, 0.2) is 5.51 Å². The van der Waals surface area contributed by atoms with E-state index in [2.05, 4.69) is 18.8 Å². The van der Waals surface area contributed by atoms with Crippen molar-refractivity contribution in [3.05, 3.63) is 16.1 Å². The number of nitrogens with zero attached hydrogens (tertiary/aromatic N) is 1. The summed E-state index contributed by atoms with van der Waals surface area (Å²) in [6.45, 7) is 4.45. The Morgan fingerprint density at radius 1 is 1.50 bits per heavy atom. The van der Waals surface area contributed by atoms with Gasteiger partial charge in [-0.15, -0.1) is 11.3 Å². The van der Waals surface area contributed by atoms with Crippen LogP contribution in [0.25, 0.3) is 0 Å². The molecule has 0 radical (unpaired) electrons. The fraction of sp³-hybridized carbons (Fsp3) is 0.727. The van der Waals surface area contributed by atoms with Crippen molar-refractivity contribution in [1.82, 2.24) is 4.98 Å². The van der Waals surface area contributed by atoms with Crippen LogP contribution in [-0.4, -0.2) is 11.0 Å². The van der Waals surface area contributed by atoms with Crippen molar-refractivity contribution in [2.24, 2.45) is 11.7 Å². The van der Waals surface area contributed by atoms with Crippen molar-refractivity contribution in [1.29, 1.82) is 0 Å². The van der Waals surface area contributed by atoms with Crippen LogP contribution in [0.1, 0.15) is 42.7 Å². The fourth-order valence-electron chi connectivity index (χ4n) is 2.39. The molecule has 0 saturated heterocycles. The molecule has 1 fully saturated rings. The fourth-order valence-corrected chi connectivity index (χ4v) is 3.44. The van der Waals surface area contributed by atoms with E-state index in [9.17, 15) is 0 Å². The van der Waals surface area contributed by atoms with E-state index in [4.69, 9.17) is 5.73 Å². The molecule has 78 valence electrons. The molecule has 1 aromatic rings. The average Bonchev–Trinajstić information content (AvgIpc) is 2.56. The summed E-state index contributed by atoms with van der Waals surface area (Å²) < 4.78 is 0. The van der Waals surface area contributed by atoms with Gasteiger partial charge in [0.05, 0.1) is 11.2 Å². The van der Waals surface area contributed by atoms with Gasteiger partial charge in [-0.2, -0.15) is 0 Å². The van der Waals surface area contributed by atoms with Crippen LogP contribution in [0.4, 0.5) is 0 Å². The zero-order valence-corrected chi connectivity index (χ0v) is 9.68. The zero-order chi connectivity index (χ0) is 10.1. The third-order valence-electron chi connectivity index (χ3n) is 3.36. The largest absolute Gasteiger partial charge is 0.328 e. The lowest BCUT2D eigenvalue weighted by Gasteiger charge is -2.32. The molecule has 2 rings (SSSR count). The smallest absolute Gasteiger partial charge is 0.0797 e.